The SMILES string of the molecule is N#Cc1ccc(-c2cc(C[C@H](NC(=O)OCC3c4ccccc4-c4ccccc43)C(=O)O)ccc2O)cc1. The first-order valence-corrected chi connectivity index (χ1v) is 12.1. The molecule has 0 unspecified atom stereocenters. The number of fused-ring (bicyclic) bond motifs is 3. The molecule has 0 heterocycles. The van der Waals surface area contributed by atoms with Crippen molar-refractivity contribution in [2.45, 2.75) is 18.4 Å². The molecule has 0 radical (unpaired) electrons. The van der Waals surface area contributed by atoms with Crippen LogP contribution in [0.25, 0.3) is 22.3 Å². The summed E-state index contributed by atoms with van der Waals surface area (Å²) < 4.78 is 5.51. The van der Waals surface area contributed by atoms with E-state index in [0.29, 0.717) is 22.3 Å². The van der Waals surface area contributed by atoms with Gasteiger partial charge in [-0.05, 0) is 57.6 Å². The number of carboxylic acids is 1. The van der Waals surface area contributed by atoms with Gasteiger partial charge in [-0.25, -0.2) is 9.59 Å². The Labute approximate surface area is 219 Å². The van der Waals surface area contributed by atoms with Crippen LogP contribution in [0.4, 0.5) is 4.79 Å². The summed E-state index contributed by atoms with van der Waals surface area (Å²) in [6.07, 6.45) is -0.825. The lowest BCUT2D eigenvalue weighted by Crippen LogP contribution is -2.42. The number of aliphatic carboxylic acids is 1. The van der Waals surface area contributed by atoms with Gasteiger partial charge >= 0.3 is 12.1 Å². The summed E-state index contributed by atoms with van der Waals surface area (Å²) in [4.78, 5) is 24.6. The minimum atomic E-state index is -1.23. The molecule has 4 aromatic carbocycles. The van der Waals surface area contributed by atoms with Crippen LogP contribution in [-0.4, -0.2) is 34.9 Å². The quantitative estimate of drug-likeness (QED) is 0.307. The second kappa shape index (κ2) is 10.5. The second-order valence-corrected chi connectivity index (χ2v) is 9.11. The van der Waals surface area contributed by atoms with Gasteiger partial charge in [-0.3, -0.25) is 0 Å². The fourth-order valence-corrected chi connectivity index (χ4v) is 4.88. The maximum absolute atomic E-state index is 12.7. The Balaban J connectivity index is 1.27. The van der Waals surface area contributed by atoms with Gasteiger partial charge in [0.1, 0.15) is 18.4 Å². The third-order valence-corrected chi connectivity index (χ3v) is 6.76. The number of hydrogen-bond acceptors (Lipinski definition) is 5. The third-order valence-electron chi connectivity index (χ3n) is 6.76. The van der Waals surface area contributed by atoms with E-state index in [1.54, 1.807) is 36.4 Å². The first-order chi connectivity index (χ1) is 18.4. The summed E-state index contributed by atoms with van der Waals surface area (Å²) in [5, 5.41) is 31.6. The molecular formula is C31H24N2O5. The van der Waals surface area contributed by atoms with Gasteiger partial charge in [0.2, 0.25) is 0 Å². The standard InChI is InChI=1S/C31H24N2O5/c32-17-19-9-12-21(13-10-19)26-15-20(11-14-29(26)34)16-28(30(35)36)33-31(37)38-18-27-24-7-3-1-5-22(24)23-6-2-4-8-25(23)27/h1-15,27-28,34H,16,18H2,(H,33,37)(H,35,36)/t28-/m0/s1. The Morgan fingerprint density at radius 2 is 1.53 bits per heavy atom. The topological polar surface area (TPSA) is 120 Å². The van der Waals surface area contributed by atoms with Crippen LogP contribution >= 0.6 is 0 Å². The average molecular weight is 505 g/mol. The number of ether oxygens (including phenoxy) is 1. The highest BCUT2D eigenvalue weighted by Gasteiger charge is 2.30. The van der Waals surface area contributed by atoms with Crippen LogP contribution < -0.4 is 5.32 Å². The molecule has 1 aliphatic rings. The highest BCUT2D eigenvalue weighted by atomic mass is 16.5. The number of carbonyl (C=O) groups is 2. The molecule has 188 valence electrons. The number of phenols is 1. The Morgan fingerprint density at radius 1 is 0.895 bits per heavy atom. The highest BCUT2D eigenvalue weighted by Crippen LogP contribution is 2.44. The largest absolute Gasteiger partial charge is 0.507 e. The van der Waals surface area contributed by atoms with E-state index in [1.165, 1.54) is 6.07 Å². The smallest absolute Gasteiger partial charge is 0.407 e. The van der Waals surface area contributed by atoms with Crippen molar-refractivity contribution in [2.24, 2.45) is 0 Å². The van der Waals surface area contributed by atoms with Crippen LogP contribution in [0.2, 0.25) is 0 Å². The van der Waals surface area contributed by atoms with E-state index in [1.807, 2.05) is 54.6 Å². The summed E-state index contributed by atoms with van der Waals surface area (Å²) in [6.45, 7) is 0.0776. The lowest BCUT2D eigenvalue weighted by Gasteiger charge is -2.18. The molecule has 4 aromatic rings. The molecule has 0 spiro atoms. The summed E-state index contributed by atoms with van der Waals surface area (Å²) in [5.41, 5.74) is 6.61. The second-order valence-electron chi connectivity index (χ2n) is 9.11. The first-order valence-electron chi connectivity index (χ1n) is 12.1. The fourth-order valence-electron chi connectivity index (χ4n) is 4.88. The monoisotopic (exact) mass is 504 g/mol. The zero-order chi connectivity index (χ0) is 26.6. The average Bonchev–Trinajstić information content (AvgIpc) is 3.26. The number of nitrogens with zero attached hydrogens (tertiary/aromatic N) is 1. The van der Waals surface area contributed by atoms with E-state index in [9.17, 15) is 19.8 Å². The molecule has 0 aromatic heterocycles. The zero-order valence-corrected chi connectivity index (χ0v) is 20.3. The van der Waals surface area contributed by atoms with Crippen LogP contribution in [0.15, 0.2) is 91.0 Å². The number of hydrogen-bond donors (Lipinski definition) is 3. The number of carbonyl (C=O) groups excluding carboxylic acids is 1. The number of phenolic OH excluding ortho intramolecular Hbond substituents is 1. The molecule has 38 heavy (non-hydrogen) atoms. The molecule has 7 nitrogen and oxygen atoms in total. The van der Waals surface area contributed by atoms with Crippen molar-refractivity contribution >= 4 is 12.1 Å². The van der Waals surface area contributed by atoms with Crippen LogP contribution in [0, 0.1) is 11.3 Å². The normalized spacial score (nSPS) is 12.6. The minimum Gasteiger partial charge on any atom is -0.507 e. The molecule has 0 fully saturated rings. The Morgan fingerprint density at radius 3 is 2.13 bits per heavy atom. The molecule has 0 saturated carbocycles. The van der Waals surface area contributed by atoms with E-state index >= 15 is 0 Å². The molecule has 0 bridgehead atoms. The van der Waals surface area contributed by atoms with E-state index in [-0.39, 0.29) is 24.7 Å². The van der Waals surface area contributed by atoms with Gasteiger partial charge < -0.3 is 20.3 Å². The molecule has 3 N–H and O–H groups in total. The van der Waals surface area contributed by atoms with Crippen LogP contribution in [0.3, 0.4) is 0 Å². The van der Waals surface area contributed by atoms with Gasteiger partial charge in [-0.1, -0.05) is 66.7 Å². The highest BCUT2D eigenvalue weighted by molar-refractivity contribution is 5.81. The number of carboxylic acid groups (broad SMARTS) is 1. The molecule has 1 aliphatic carbocycles. The lowest BCUT2D eigenvalue weighted by atomic mass is 9.98. The number of rotatable bonds is 7. The Hall–Kier alpha value is -5.09. The third kappa shape index (κ3) is 4.93. The molecule has 7 heteroatoms. The molecule has 1 amide bonds. The van der Waals surface area contributed by atoms with Crippen LogP contribution in [-0.2, 0) is 16.0 Å². The van der Waals surface area contributed by atoms with Crippen molar-refractivity contribution in [1.29, 1.82) is 5.26 Å². The van der Waals surface area contributed by atoms with E-state index in [2.05, 4.69) is 5.32 Å². The van der Waals surface area contributed by atoms with E-state index < -0.39 is 18.1 Å². The minimum absolute atomic E-state index is 0.0108. The van der Waals surface area contributed by atoms with Gasteiger partial charge in [0.25, 0.3) is 0 Å². The Bertz CT molecular complexity index is 1510. The molecule has 0 aliphatic heterocycles. The number of alkyl carbamates (subject to hydrolysis) is 1. The van der Waals surface area contributed by atoms with Crippen molar-refractivity contribution in [3.63, 3.8) is 0 Å². The molecule has 1 atom stereocenters. The summed E-state index contributed by atoms with van der Waals surface area (Å²) in [6, 6.07) is 28.2. The maximum atomic E-state index is 12.7. The van der Waals surface area contributed by atoms with Crippen LogP contribution in [0.1, 0.15) is 28.2 Å². The van der Waals surface area contributed by atoms with Crippen LogP contribution in [0.5, 0.6) is 5.75 Å². The van der Waals surface area contributed by atoms with Crippen molar-refractivity contribution < 1.29 is 24.5 Å². The number of amides is 1. The van der Waals surface area contributed by atoms with Gasteiger partial charge in [0, 0.05) is 17.9 Å². The predicted molar refractivity (Wildman–Crippen MR) is 142 cm³/mol. The number of benzene rings is 4. The summed E-state index contributed by atoms with van der Waals surface area (Å²) in [7, 11) is 0. The fraction of sp³-hybridized carbons (Fsp3) is 0.129. The predicted octanol–water partition coefficient (Wildman–Crippen LogP) is 5.47. The zero-order valence-electron chi connectivity index (χ0n) is 20.3. The Kier molecular flexibility index (Phi) is 6.79. The van der Waals surface area contributed by atoms with Crippen molar-refractivity contribution in [2.75, 3.05) is 6.61 Å². The van der Waals surface area contributed by atoms with Crippen molar-refractivity contribution in [3.05, 3.63) is 113 Å². The van der Waals surface area contributed by atoms with Gasteiger partial charge in [-0.15, -0.1) is 0 Å². The number of nitrogens with one attached hydrogen (secondary N) is 1. The number of nitriles is 1. The number of aromatic hydroxyl groups is 1. The maximum Gasteiger partial charge on any atom is 0.407 e. The van der Waals surface area contributed by atoms with Gasteiger partial charge in [-0.2, -0.15) is 5.26 Å². The molecule has 5 rings (SSSR count). The van der Waals surface area contributed by atoms with Crippen molar-refractivity contribution in [1.82, 2.24) is 5.32 Å². The summed E-state index contributed by atoms with van der Waals surface area (Å²) in [5.74, 6) is -1.31. The molecule has 0 saturated heterocycles. The lowest BCUT2D eigenvalue weighted by molar-refractivity contribution is -0.139. The first kappa shape index (κ1) is 24.6. The van der Waals surface area contributed by atoms with Gasteiger partial charge in [0.05, 0.1) is 11.6 Å². The van der Waals surface area contributed by atoms with E-state index in [4.69, 9.17) is 10.00 Å². The van der Waals surface area contributed by atoms with Gasteiger partial charge in [0.15, 0.2) is 0 Å². The van der Waals surface area contributed by atoms with E-state index in [0.717, 1.165) is 22.3 Å². The molecular weight excluding hydrogens is 480 g/mol. The summed E-state index contributed by atoms with van der Waals surface area (Å²) >= 11 is 0. The van der Waals surface area contributed by atoms with Crippen molar-refractivity contribution in [3.8, 4) is 34.1 Å².